The minimum Gasteiger partial charge on any atom is -1.00 e. The van der Waals surface area contributed by atoms with E-state index in [0.29, 0.717) is 0 Å². The quantitative estimate of drug-likeness (QED) is 0.243. The first kappa shape index (κ1) is 14.0. The monoisotopic (exact) mass is 316 g/mol. The normalized spacial score (nSPS) is 11.1. The molecule has 0 saturated carbocycles. The summed E-state index contributed by atoms with van der Waals surface area (Å²) in [4.78, 5) is 0. The van der Waals surface area contributed by atoms with Crippen molar-refractivity contribution >= 4 is 43.5 Å². The van der Waals surface area contributed by atoms with Crippen LogP contribution >= 0.6 is 0 Å². The maximum atomic E-state index is 6.16. The van der Waals surface area contributed by atoms with E-state index in [2.05, 4.69) is 78.9 Å². The van der Waals surface area contributed by atoms with E-state index < -0.39 is 0 Å². The third-order valence-corrected chi connectivity index (χ3v) is 4.37. The summed E-state index contributed by atoms with van der Waals surface area (Å²) < 4.78 is 6.16. The van der Waals surface area contributed by atoms with Crippen LogP contribution in [-0.4, -0.2) is 0 Å². The van der Waals surface area contributed by atoms with Crippen molar-refractivity contribution in [1.29, 1.82) is 0 Å². The summed E-state index contributed by atoms with van der Waals surface area (Å²) in [6, 6.07) is 27.5. The molecule has 0 radical (unpaired) electrons. The number of halogens is 1. The van der Waals surface area contributed by atoms with E-state index >= 15 is 0 Å². The second kappa shape index (κ2) is 5.22. The molecule has 0 atom stereocenters. The van der Waals surface area contributed by atoms with Gasteiger partial charge in [-0.2, -0.15) is 0 Å². The SMILES string of the molecule is [Cl-].c1ccc2c(c1)ccc1[o+]c3ccc4ccccc4c3cc12. The first-order valence-corrected chi connectivity index (χ1v) is 7.46. The highest BCUT2D eigenvalue weighted by Crippen LogP contribution is 2.32. The fourth-order valence-electron chi connectivity index (χ4n) is 3.29. The Morgan fingerprint density at radius 3 is 1.48 bits per heavy atom. The molecule has 0 fully saturated rings. The predicted octanol–water partition coefficient (Wildman–Crippen LogP) is 3.18. The average Bonchev–Trinajstić information content (AvgIpc) is 2.60. The van der Waals surface area contributed by atoms with Crippen LogP contribution in [0, 0.1) is 0 Å². The molecular formula is C21H13ClO. The smallest absolute Gasteiger partial charge is 0.361 e. The maximum absolute atomic E-state index is 6.16. The van der Waals surface area contributed by atoms with Gasteiger partial charge in [-0.3, -0.25) is 0 Å². The fourth-order valence-corrected chi connectivity index (χ4v) is 3.29. The molecule has 0 aliphatic rings. The second-order valence-electron chi connectivity index (χ2n) is 5.64. The van der Waals surface area contributed by atoms with Crippen molar-refractivity contribution in [3.8, 4) is 0 Å². The van der Waals surface area contributed by atoms with Gasteiger partial charge in [0.25, 0.3) is 0 Å². The first-order chi connectivity index (χ1) is 10.9. The third-order valence-electron chi connectivity index (χ3n) is 4.37. The lowest BCUT2D eigenvalue weighted by Gasteiger charge is -2.01. The zero-order valence-electron chi connectivity index (χ0n) is 12.3. The van der Waals surface area contributed by atoms with E-state index in [1.165, 1.54) is 32.3 Å². The van der Waals surface area contributed by atoms with Crippen molar-refractivity contribution in [2.24, 2.45) is 0 Å². The molecule has 0 saturated heterocycles. The van der Waals surface area contributed by atoms with Gasteiger partial charge in [-0.15, -0.1) is 0 Å². The highest BCUT2D eigenvalue weighted by molar-refractivity contribution is 6.13. The van der Waals surface area contributed by atoms with E-state index in [9.17, 15) is 0 Å². The number of rotatable bonds is 0. The number of hydrogen-bond donors (Lipinski definition) is 0. The van der Waals surface area contributed by atoms with Gasteiger partial charge in [-0.05, 0) is 39.7 Å². The summed E-state index contributed by atoms with van der Waals surface area (Å²) in [5.41, 5.74) is 1.86. The van der Waals surface area contributed by atoms with E-state index in [1.807, 2.05) is 0 Å². The Morgan fingerprint density at radius 1 is 0.478 bits per heavy atom. The van der Waals surface area contributed by atoms with Gasteiger partial charge in [0, 0.05) is 12.1 Å². The maximum Gasteiger partial charge on any atom is 0.361 e. The lowest BCUT2D eigenvalue weighted by Crippen LogP contribution is -3.00. The van der Waals surface area contributed by atoms with Gasteiger partial charge in [0.1, 0.15) is 0 Å². The van der Waals surface area contributed by atoms with Crippen molar-refractivity contribution in [2.75, 3.05) is 0 Å². The van der Waals surface area contributed by atoms with Crippen LogP contribution in [0.15, 0.2) is 83.3 Å². The molecule has 0 aliphatic carbocycles. The summed E-state index contributed by atoms with van der Waals surface area (Å²) >= 11 is 0. The number of fused-ring (bicyclic) bond motifs is 6. The number of hydrogen-bond acceptors (Lipinski definition) is 0. The molecule has 110 valence electrons. The molecule has 23 heavy (non-hydrogen) atoms. The zero-order valence-corrected chi connectivity index (χ0v) is 13.0. The van der Waals surface area contributed by atoms with Crippen LogP contribution in [0.3, 0.4) is 0 Å². The van der Waals surface area contributed by atoms with Crippen LogP contribution in [0.5, 0.6) is 0 Å². The highest BCUT2D eigenvalue weighted by Gasteiger charge is 2.15. The van der Waals surface area contributed by atoms with Crippen molar-refractivity contribution in [1.82, 2.24) is 0 Å². The van der Waals surface area contributed by atoms with Gasteiger partial charge < -0.3 is 12.4 Å². The fraction of sp³-hybridized carbons (Fsp3) is 0. The molecule has 2 heteroatoms. The van der Waals surface area contributed by atoms with Gasteiger partial charge in [-0.25, -0.2) is 4.42 Å². The van der Waals surface area contributed by atoms with Gasteiger partial charge in [0.15, 0.2) is 0 Å². The lowest BCUT2D eigenvalue weighted by molar-refractivity contribution is -0.00000455. The topological polar surface area (TPSA) is 11.3 Å². The molecule has 1 aromatic heterocycles. The predicted molar refractivity (Wildman–Crippen MR) is 93.1 cm³/mol. The van der Waals surface area contributed by atoms with E-state index in [4.69, 9.17) is 4.42 Å². The Hall–Kier alpha value is -2.64. The third kappa shape index (κ3) is 2.05. The highest BCUT2D eigenvalue weighted by atomic mass is 35.5. The Morgan fingerprint density at radius 2 is 0.957 bits per heavy atom. The van der Waals surface area contributed by atoms with Crippen LogP contribution in [0.4, 0.5) is 0 Å². The van der Waals surface area contributed by atoms with Crippen LogP contribution in [-0.2, 0) is 0 Å². The molecule has 0 spiro atoms. The van der Waals surface area contributed by atoms with E-state index in [0.717, 1.165) is 11.2 Å². The van der Waals surface area contributed by atoms with Crippen molar-refractivity contribution in [2.45, 2.75) is 0 Å². The summed E-state index contributed by atoms with van der Waals surface area (Å²) in [6.07, 6.45) is 0. The van der Waals surface area contributed by atoms with Gasteiger partial charge >= 0.3 is 11.2 Å². The van der Waals surface area contributed by atoms with E-state index in [1.54, 1.807) is 0 Å². The Labute approximate surface area is 139 Å². The Bertz CT molecular complexity index is 1090. The molecule has 0 amide bonds. The number of benzene rings is 4. The van der Waals surface area contributed by atoms with Gasteiger partial charge in [0.2, 0.25) is 0 Å². The summed E-state index contributed by atoms with van der Waals surface area (Å²) in [5.74, 6) is 0. The molecule has 0 N–H and O–H groups in total. The van der Waals surface area contributed by atoms with Crippen LogP contribution in [0.1, 0.15) is 0 Å². The van der Waals surface area contributed by atoms with Gasteiger partial charge in [-0.1, -0.05) is 48.5 Å². The molecule has 0 bridgehead atoms. The molecular weight excluding hydrogens is 304 g/mol. The Balaban J connectivity index is 0.00000135. The van der Waals surface area contributed by atoms with Gasteiger partial charge in [0.05, 0.1) is 10.8 Å². The van der Waals surface area contributed by atoms with Crippen LogP contribution < -0.4 is 12.4 Å². The van der Waals surface area contributed by atoms with Crippen molar-refractivity contribution in [3.05, 3.63) is 78.9 Å². The minimum absolute atomic E-state index is 0. The Kier molecular flexibility index (Phi) is 3.17. The minimum atomic E-state index is 0. The summed E-state index contributed by atoms with van der Waals surface area (Å²) in [6.45, 7) is 0. The molecule has 4 aromatic carbocycles. The van der Waals surface area contributed by atoms with Crippen molar-refractivity contribution < 1.29 is 16.8 Å². The van der Waals surface area contributed by atoms with E-state index in [-0.39, 0.29) is 12.4 Å². The molecule has 5 rings (SSSR count). The molecule has 5 aromatic rings. The van der Waals surface area contributed by atoms with Crippen LogP contribution in [0.25, 0.3) is 43.5 Å². The molecule has 0 unspecified atom stereocenters. The first-order valence-electron chi connectivity index (χ1n) is 7.46. The van der Waals surface area contributed by atoms with Crippen LogP contribution in [0.2, 0.25) is 0 Å². The largest absolute Gasteiger partial charge is 1.00 e. The summed E-state index contributed by atoms with van der Waals surface area (Å²) in [5, 5.41) is 7.29. The molecule has 1 heterocycles. The van der Waals surface area contributed by atoms with Crippen molar-refractivity contribution in [3.63, 3.8) is 0 Å². The second-order valence-corrected chi connectivity index (χ2v) is 5.64. The summed E-state index contributed by atoms with van der Waals surface area (Å²) in [7, 11) is 0. The zero-order chi connectivity index (χ0) is 14.5. The average molecular weight is 317 g/mol. The molecule has 1 nitrogen and oxygen atoms in total. The molecule has 0 aliphatic heterocycles. The lowest BCUT2D eigenvalue weighted by atomic mass is 10.0. The standard InChI is InChI=1S/C21H13O.ClH/c1-3-7-16-14(5-1)9-11-20-18(16)13-19-17-8-4-2-6-15(17)10-12-21(19)22-20;/h1-13H;1H/q+1;/p-1.